The number of aromatic nitrogens is 2. The lowest BCUT2D eigenvalue weighted by Crippen LogP contribution is -2.39. The number of carboxylic acid groups (broad SMARTS) is 1. The van der Waals surface area contributed by atoms with E-state index in [-0.39, 0.29) is 0 Å². The van der Waals surface area contributed by atoms with Crippen LogP contribution in [0.1, 0.15) is 12.8 Å². The molecule has 6 nitrogen and oxygen atoms in total. The molecule has 1 aliphatic heterocycles. The molecule has 1 aliphatic rings. The van der Waals surface area contributed by atoms with Gasteiger partial charge in [0.25, 0.3) is 0 Å². The van der Waals surface area contributed by atoms with Crippen LogP contribution in [0.2, 0.25) is 0 Å². The van der Waals surface area contributed by atoms with Crippen molar-refractivity contribution in [1.29, 1.82) is 0 Å². The molecule has 2 N–H and O–H groups in total. The molecule has 0 atom stereocenters. The molecule has 2 heterocycles. The Bertz CT molecular complexity index is 404. The number of piperidine rings is 1. The number of carbonyl (C=O) groups is 1. The lowest BCUT2D eigenvalue weighted by atomic mass is 9.97. The molecular weight excluding hydrogens is 239 g/mol. The monoisotopic (exact) mass is 254 g/mol. The van der Waals surface area contributed by atoms with E-state index in [4.69, 9.17) is 5.11 Å². The van der Waals surface area contributed by atoms with Gasteiger partial charge in [0.2, 0.25) is 5.95 Å². The zero-order valence-corrected chi connectivity index (χ0v) is 9.84. The third-order valence-electron chi connectivity index (χ3n) is 3.05. The highest BCUT2D eigenvalue weighted by molar-refractivity contribution is 5.64. The predicted octanol–water partition coefficient (Wildman–Crippen LogP) is 1.42. The molecule has 0 bridgehead atoms. The zero-order valence-electron chi connectivity index (χ0n) is 9.84. The number of nitrogens with zero attached hydrogens (tertiary/aromatic N) is 3. The molecule has 1 saturated heterocycles. The van der Waals surface area contributed by atoms with E-state index >= 15 is 0 Å². The summed E-state index contributed by atoms with van der Waals surface area (Å²) >= 11 is 0. The van der Waals surface area contributed by atoms with Gasteiger partial charge >= 0.3 is 6.09 Å². The molecule has 0 aromatic carbocycles. The van der Waals surface area contributed by atoms with Crippen LogP contribution in [0.25, 0.3) is 0 Å². The van der Waals surface area contributed by atoms with Crippen LogP contribution in [0, 0.1) is 11.7 Å². The summed E-state index contributed by atoms with van der Waals surface area (Å²) in [7, 11) is 0. The van der Waals surface area contributed by atoms with Gasteiger partial charge in [0, 0.05) is 19.6 Å². The van der Waals surface area contributed by atoms with Gasteiger partial charge in [-0.1, -0.05) is 0 Å². The summed E-state index contributed by atoms with van der Waals surface area (Å²) in [5, 5.41) is 11.8. The van der Waals surface area contributed by atoms with Gasteiger partial charge in [0.05, 0.1) is 12.4 Å². The van der Waals surface area contributed by atoms with Gasteiger partial charge in [0.1, 0.15) is 0 Å². The first-order chi connectivity index (χ1) is 8.65. The second-order valence-electron chi connectivity index (χ2n) is 4.32. The molecule has 0 unspecified atom stereocenters. The van der Waals surface area contributed by atoms with E-state index in [2.05, 4.69) is 15.3 Å². The minimum Gasteiger partial charge on any atom is -0.465 e. The lowest BCUT2D eigenvalue weighted by molar-refractivity contribution is 0.126. The van der Waals surface area contributed by atoms with E-state index in [0.29, 0.717) is 31.5 Å². The van der Waals surface area contributed by atoms with Crippen molar-refractivity contribution in [2.24, 2.45) is 5.92 Å². The average Bonchev–Trinajstić information content (AvgIpc) is 2.38. The van der Waals surface area contributed by atoms with Crippen LogP contribution in [0.15, 0.2) is 12.4 Å². The van der Waals surface area contributed by atoms with Crippen LogP contribution in [0.4, 0.5) is 15.1 Å². The Morgan fingerprint density at radius 1 is 1.44 bits per heavy atom. The summed E-state index contributed by atoms with van der Waals surface area (Å²) in [4.78, 5) is 19.8. The number of hydrogen-bond donors (Lipinski definition) is 2. The SMILES string of the molecule is O=C(O)N1CCC(CNc2ncc(F)cn2)CC1. The molecule has 1 aromatic rings. The number of rotatable bonds is 3. The summed E-state index contributed by atoms with van der Waals surface area (Å²) in [6.07, 6.45) is 3.01. The summed E-state index contributed by atoms with van der Waals surface area (Å²) in [6, 6.07) is 0. The summed E-state index contributed by atoms with van der Waals surface area (Å²) in [6.45, 7) is 1.80. The number of nitrogens with one attached hydrogen (secondary N) is 1. The summed E-state index contributed by atoms with van der Waals surface area (Å²) < 4.78 is 12.6. The van der Waals surface area contributed by atoms with E-state index in [0.717, 1.165) is 25.2 Å². The molecule has 2 rings (SSSR count). The third-order valence-corrected chi connectivity index (χ3v) is 3.05. The van der Waals surface area contributed by atoms with Crippen LogP contribution in [0.3, 0.4) is 0 Å². The van der Waals surface area contributed by atoms with E-state index < -0.39 is 11.9 Å². The highest BCUT2D eigenvalue weighted by atomic mass is 19.1. The molecule has 0 spiro atoms. The molecule has 18 heavy (non-hydrogen) atoms. The fraction of sp³-hybridized carbons (Fsp3) is 0.545. The zero-order chi connectivity index (χ0) is 13.0. The van der Waals surface area contributed by atoms with E-state index in [1.807, 2.05) is 0 Å². The van der Waals surface area contributed by atoms with Gasteiger partial charge < -0.3 is 15.3 Å². The highest BCUT2D eigenvalue weighted by Crippen LogP contribution is 2.17. The minimum atomic E-state index is -0.858. The smallest absolute Gasteiger partial charge is 0.407 e. The number of likely N-dealkylation sites (tertiary alicyclic amines) is 1. The van der Waals surface area contributed by atoms with Crippen molar-refractivity contribution >= 4 is 12.0 Å². The second kappa shape index (κ2) is 5.61. The van der Waals surface area contributed by atoms with Crippen molar-refractivity contribution in [2.75, 3.05) is 25.0 Å². The number of halogens is 1. The Morgan fingerprint density at radius 3 is 2.61 bits per heavy atom. The van der Waals surface area contributed by atoms with E-state index in [9.17, 15) is 9.18 Å². The van der Waals surface area contributed by atoms with Gasteiger partial charge in [-0.2, -0.15) is 0 Å². The van der Waals surface area contributed by atoms with Crippen molar-refractivity contribution in [3.05, 3.63) is 18.2 Å². The van der Waals surface area contributed by atoms with Crippen LogP contribution in [0.5, 0.6) is 0 Å². The molecule has 1 amide bonds. The van der Waals surface area contributed by atoms with Crippen LogP contribution < -0.4 is 5.32 Å². The van der Waals surface area contributed by atoms with Gasteiger partial charge in [-0.05, 0) is 18.8 Å². The maximum Gasteiger partial charge on any atom is 0.407 e. The molecule has 7 heteroatoms. The van der Waals surface area contributed by atoms with Gasteiger partial charge in [0.15, 0.2) is 5.82 Å². The molecule has 0 saturated carbocycles. The number of anilines is 1. The normalized spacial score (nSPS) is 16.6. The average molecular weight is 254 g/mol. The molecular formula is C11H15FN4O2. The molecule has 0 aliphatic carbocycles. The van der Waals surface area contributed by atoms with Crippen LogP contribution >= 0.6 is 0 Å². The largest absolute Gasteiger partial charge is 0.465 e. The third kappa shape index (κ3) is 3.28. The maximum atomic E-state index is 12.6. The van der Waals surface area contributed by atoms with Crippen molar-refractivity contribution in [2.45, 2.75) is 12.8 Å². The molecule has 1 aromatic heterocycles. The molecule has 98 valence electrons. The quantitative estimate of drug-likeness (QED) is 0.852. The van der Waals surface area contributed by atoms with Gasteiger partial charge in [-0.3, -0.25) is 0 Å². The fourth-order valence-electron chi connectivity index (χ4n) is 1.97. The summed E-state index contributed by atoms with van der Waals surface area (Å²) in [5.74, 6) is 0.335. The standard InChI is InChI=1S/C11H15FN4O2/c12-9-6-14-10(15-7-9)13-5-8-1-3-16(4-2-8)11(17)18/h6-8H,1-5H2,(H,17,18)(H,13,14,15). The first kappa shape index (κ1) is 12.5. The minimum absolute atomic E-state index is 0.397. The second-order valence-corrected chi connectivity index (χ2v) is 4.32. The Hall–Kier alpha value is -1.92. The summed E-state index contributed by atoms with van der Waals surface area (Å²) in [5.41, 5.74) is 0. The first-order valence-electron chi connectivity index (χ1n) is 5.84. The fourth-order valence-corrected chi connectivity index (χ4v) is 1.97. The number of amides is 1. The topological polar surface area (TPSA) is 78.4 Å². The lowest BCUT2D eigenvalue weighted by Gasteiger charge is -2.29. The van der Waals surface area contributed by atoms with Crippen molar-refractivity contribution in [3.63, 3.8) is 0 Å². The Kier molecular flexibility index (Phi) is 3.91. The Balaban J connectivity index is 1.75. The Morgan fingerprint density at radius 2 is 2.06 bits per heavy atom. The van der Waals surface area contributed by atoms with E-state index in [1.54, 1.807) is 0 Å². The van der Waals surface area contributed by atoms with Crippen molar-refractivity contribution in [1.82, 2.24) is 14.9 Å². The van der Waals surface area contributed by atoms with Gasteiger partial charge in [-0.25, -0.2) is 19.2 Å². The van der Waals surface area contributed by atoms with E-state index in [1.165, 1.54) is 4.90 Å². The first-order valence-corrected chi connectivity index (χ1v) is 5.84. The van der Waals surface area contributed by atoms with Crippen molar-refractivity contribution in [3.8, 4) is 0 Å². The maximum absolute atomic E-state index is 12.6. The molecule has 0 radical (unpaired) electrons. The van der Waals surface area contributed by atoms with Gasteiger partial charge in [-0.15, -0.1) is 0 Å². The van der Waals surface area contributed by atoms with Crippen LogP contribution in [-0.4, -0.2) is 45.7 Å². The number of hydrogen-bond acceptors (Lipinski definition) is 4. The predicted molar refractivity (Wildman–Crippen MR) is 62.8 cm³/mol. The highest BCUT2D eigenvalue weighted by Gasteiger charge is 2.22. The Labute approximate surface area is 104 Å². The van der Waals surface area contributed by atoms with Crippen molar-refractivity contribution < 1.29 is 14.3 Å². The molecule has 1 fully saturated rings. The van der Waals surface area contributed by atoms with Crippen LogP contribution in [-0.2, 0) is 0 Å².